The van der Waals surface area contributed by atoms with Crippen LogP contribution in [0.5, 0.6) is 0 Å². The van der Waals surface area contributed by atoms with Crippen LogP contribution in [-0.2, 0) is 4.74 Å². The Morgan fingerprint density at radius 2 is 1.85 bits per heavy atom. The Kier molecular flexibility index (Phi) is 5.49. The van der Waals surface area contributed by atoms with E-state index in [9.17, 15) is 0 Å². The fraction of sp³-hybridized carbons (Fsp3) is 1.00. The number of nitrogens with one attached hydrogen (secondary N) is 1. The van der Waals surface area contributed by atoms with Crippen LogP contribution >= 0.6 is 0 Å². The Morgan fingerprint density at radius 1 is 1.15 bits per heavy atom. The van der Waals surface area contributed by atoms with Crippen LogP contribution in [0.2, 0.25) is 0 Å². The van der Waals surface area contributed by atoms with Crippen LogP contribution < -0.4 is 5.32 Å². The lowest BCUT2D eigenvalue weighted by molar-refractivity contribution is -0.109. The molecule has 0 radical (unpaired) electrons. The molecule has 1 heterocycles. The van der Waals surface area contributed by atoms with Crippen molar-refractivity contribution in [1.29, 1.82) is 0 Å². The smallest absolute Gasteiger partial charge is 0.0632 e. The Hall–Kier alpha value is -0.120. The fourth-order valence-electron chi connectivity index (χ4n) is 4.27. The van der Waals surface area contributed by atoms with E-state index in [1.165, 1.54) is 45.1 Å². The second kappa shape index (κ2) is 6.76. The largest absolute Gasteiger partial charge is 0.376 e. The van der Waals surface area contributed by atoms with Gasteiger partial charge in [-0.3, -0.25) is 0 Å². The van der Waals surface area contributed by atoms with E-state index < -0.39 is 0 Å². The summed E-state index contributed by atoms with van der Waals surface area (Å²) in [6, 6.07) is 0.758. The van der Waals surface area contributed by atoms with Gasteiger partial charge in [0.15, 0.2) is 0 Å². The van der Waals surface area contributed by atoms with Crippen molar-refractivity contribution < 1.29 is 4.74 Å². The van der Waals surface area contributed by atoms with Gasteiger partial charge in [0.1, 0.15) is 0 Å². The van der Waals surface area contributed by atoms with E-state index in [0.717, 1.165) is 25.6 Å². The highest BCUT2D eigenvalue weighted by Gasteiger charge is 2.41. The van der Waals surface area contributed by atoms with Crippen LogP contribution in [0.3, 0.4) is 0 Å². The number of hydrogen-bond acceptors (Lipinski definition) is 3. The van der Waals surface area contributed by atoms with Crippen LogP contribution in [0, 0.1) is 5.41 Å². The summed E-state index contributed by atoms with van der Waals surface area (Å²) in [5, 5.41) is 3.89. The highest BCUT2D eigenvalue weighted by molar-refractivity contribution is 4.94. The third-order valence-corrected chi connectivity index (χ3v) is 4.95. The van der Waals surface area contributed by atoms with E-state index in [4.69, 9.17) is 4.74 Å². The van der Waals surface area contributed by atoms with E-state index in [0.29, 0.717) is 5.41 Å². The Balaban J connectivity index is 1.95. The van der Waals surface area contributed by atoms with Gasteiger partial charge < -0.3 is 15.0 Å². The maximum absolute atomic E-state index is 5.95. The lowest BCUT2D eigenvalue weighted by Crippen LogP contribution is -2.52. The molecule has 1 atom stereocenters. The van der Waals surface area contributed by atoms with Gasteiger partial charge in [0.25, 0.3) is 0 Å². The van der Waals surface area contributed by atoms with E-state index in [1.807, 2.05) is 0 Å². The zero-order valence-electron chi connectivity index (χ0n) is 14.0. The predicted molar refractivity (Wildman–Crippen MR) is 85.1 cm³/mol. The molecule has 20 heavy (non-hydrogen) atoms. The van der Waals surface area contributed by atoms with Crippen LogP contribution in [-0.4, -0.2) is 50.3 Å². The molecule has 1 saturated carbocycles. The normalized spacial score (nSPS) is 31.6. The summed E-state index contributed by atoms with van der Waals surface area (Å²) in [6.07, 6.45) is 9.35. The topological polar surface area (TPSA) is 24.5 Å². The summed E-state index contributed by atoms with van der Waals surface area (Å²) in [5.41, 5.74) is 0.408. The molecule has 3 nitrogen and oxygen atoms in total. The summed E-state index contributed by atoms with van der Waals surface area (Å²) in [5.74, 6) is 0. The first-order valence-electron chi connectivity index (χ1n) is 8.43. The minimum absolute atomic E-state index is 0.0303. The van der Waals surface area contributed by atoms with Gasteiger partial charge >= 0.3 is 0 Å². The minimum atomic E-state index is 0.0303. The van der Waals surface area contributed by atoms with Crippen molar-refractivity contribution in [3.63, 3.8) is 0 Å². The first kappa shape index (κ1) is 16.3. The minimum Gasteiger partial charge on any atom is -0.376 e. The highest BCUT2D eigenvalue weighted by Crippen LogP contribution is 2.39. The molecule has 0 amide bonds. The molecule has 1 aliphatic heterocycles. The van der Waals surface area contributed by atoms with Crippen molar-refractivity contribution >= 4 is 0 Å². The van der Waals surface area contributed by atoms with Crippen molar-refractivity contribution in [3.8, 4) is 0 Å². The molecule has 2 aliphatic rings. The van der Waals surface area contributed by atoms with Gasteiger partial charge in [0, 0.05) is 31.2 Å². The third-order valence-electron chi connectivity index (χ3n) is 4.95. The Bertz CT molecular complexity index is 297. The van der Waals surface area contributed by atoms with E-state index in [-0.39, 0.29) is 5.60 Å². The first-order valence-corrected chi connectivity index (χ1v) is 8.43. The first-order chi connectivity index (χ1) is 9.41. The van der Waals surface area contributed by atoms with Crippen molar-refractivity contribution in [2.75, 3.05) is 33.8 Å². The zero-order chi connectivity index (χ0) is 14.6. The van der Waals surface area contributed by atoms with Crippen LogP contribution in [0.4, 0.5) is 0 Å². The molecule has 2 fully saturated rings. The van der Waals surface area contributed by atoms with Crippen molar-refractivity contribution in [2.24, 2.45) is 5.41 Å². The summed E-state index contributed by atoms with van der Waals surface area (Å²) >= 11 is 0. The van der Waals surface area contributed by atoms with Crippen LogP contribution in [0.25, 0.3) is 0 Å². The van der Waals surface area contributed by atoms with Crippen LogP contribution in [0.15, 0.2) is 0 Å². The maximum Gasteiger partial charge on any atom is 0.0632 e. The highest BCUT2D eigenvalue weighted by atomic mass is 16.5. The molecule has 0 unspecified atom stereocenters. The molecule has 0 spiro atoms. The van der Waals surface area contributed by atoms with Gasteiger partial charge in [-0.15, -0.1) is 0 Å². The number of ether oxygens (including phenoxy) is 1. The van der Waals surface area contributed by atoms with Gasteiger partial charge in [0.05, 0.1) is 5.60 Å². The Labute approximate surface area is 125 Å². The molecule has 1 N–H and O–H groups in total. The zero-order valence-corrected chi connectivity index (χ0v) is 14.0. The third kappa shape index (κ3) is 4.71. The summed E-state index contributed by atoms with van der Waals surface area (Å²) < 4.78 is 5.95. The van der Waals surface area contributed by atoms with E-state index in [2.05, 4.69) is 38.2 Å². The molecule has 1 saturated heterocycles. The van der Waals surface area contributed by atoms with Crippen molar-refractivity contribution in [1.82, 2.24) is 10.2 Å². The second-order valence-corrected chi connectivity index (χ2v) is 7.99. The average molecular weight is 282 g/mol. The van der Waals surface area contributed by atoms with Gasteiger partial charge in [-0.25, -0.2) is 0 Å². The monoisotopic (exact) mass is 282 g/mol. The molecule has 2 rings (SSSR count). The second-order valence-electron chi connectivity index (χ2n) is 7.99. The van der Waals surface area contributed by atoms with Gasteiger partial charge in [0.2, 0.25) is 0 Å². The summed E-state index contributed by atoms with van der Waals surface area (Å²) in [7, 11) is 4.40. The number of nitrogens with zero attached hydrogens (tertiary/aromatic N) is 1. The molecule has 118 valence electrons. The lowest BCUT2D eigenvalue weighted by atomic mass is 9.73. The van der Waals surface area contributed by atoms with Crippen molar-refractivity contribution in [2.45, 2.75) is 70.4 Å². The molecule has 1 aliphatic carbocycles. The van der Waals surface area contributed by atoms with E-state index >= 15 is 0 Å². The molecular weight excluding hydrogens is 248 g/mol. The fourth-order valence-corrected chi connectivity index (χ4v) is 4.27. The van der Waals surface area contributed by atoms with Gasteiger partial charge in [-0.1, -0.05) is 19.3 Å². The molecule has 0 aromatic rings. The molecule has 0 aromatic heterocycles. The number of rotatable bonds is 5. The number of hydrogen-bond donors (Lipinski definition) is 1. The molecular formula is C17H34N2O. The summed E-state index contributed by atoms with van der Waals surface area (Å²) in [6.45, 7) is 7.73. The summed E-state index contributed by atoms with van der Waals surface area (Å²) in [4.78, 5) is 2.35. The lowest BCUT2D eigenvalue weighted by Gasteiger charge is -2.47. The maximum atomic E-state index is 5.95. The van der Waals surface area contributed by atoms with Crippen LogP contribution in [0.1, 0.15) is 58.8 Å². The quantitative estimate of drug-likeness (QED) is 0.839. The Morgan fingerprint density at radius 3 is 2.45 bits per heavy atom. The molecule has 3 heteroatoms. The standard InChI is InChI=1S/C17H34N2O/c1-16(2)12-17(10-11-20-16,14-19(3)4)13-18-15-8-6-5-7-9-15/h15,18H,5-14H2,1-4H3/t17-/m1/s1. The average Bonchev–Trinajstić information content (AvgIpc) is 2.36. The molecule has 0 bridgehead atoms. The van der Waals surface area contributed by atoms with Crippen molar-refractivity contribution in [3.05, 3.63) is 0 Å². The van der Waals surface area contributed by atoms with E-state index in [1.54, 1.807) is 0 Å². The van der Waals surface area contributed by atoms with Gasteiger partial charge in [-0.2, -0.15) is 0 Å². The van der Waals surface area contributed by atoms with Gasteiger partial charge in [-0.05, 0) is 53.6 Å². The predicted octanol–water partition coefficient (Wildman–Crippen LogP) is 3.05. The molecule has 0 aromatic carbocycles. The SMILES string of the molecule is CN(C)C[C@]1(CNC2CCCCC2)CCOC(C)(C)C1.